The molecule has 1 aromatic heterocycles. The van der Waals surface area contributed by atoms with Gasteiger partial charge in [-0.2, -0.15) is 0 Å². The predicted molar refractivity (Wildman–Crippen MR) is 65.4 cm³/mol. The van der Waals surface area contributed by atoms with Gasteiger partial charge in [0.1, 0.15) is 5.84 Å². The van der Waals surface area contributed by atoms with Crippen LogP contribution in [-0.2, 0) is 4.79 Å². The van der Waals surface area contributed by atoms with Crippen molar-refractivity contribution in [3.05, 3.63) is 16.1 Å². The van der Waals surface area contributed by atoms with Gasteiger partial charge in [0.2, 0.25) is 5.91 Å². The summed E-state index contributed by atoms with van der Waals surface area (Å²) in [6, 6.07) is 0. The van der Waals surface area contributed by atoms with Crippen molar-refractivity contribution in [3.8, 4) is 0 Å². The van der Waals surface area contributed by atoms with Gasteiger partial charge in [-0.15, -0.1) is 22.9 Å². The third-order valence-electron chi connectivity index (χ3n) is 2.23. The lowest BCUT2D eigenvalue weighted by molar-refractivity contribution is -0.120. The summed E-state index contributed by atoms with van der Waals surface area (Å²) in [5.74, 6) is 0.108. The molecule has 1 aliphatic heterocycles. The van der Waals surface area contributed by atoms with Crippen LogP contribution < -0.4 is 5.32 Å². The number of thiazole rings is 1. The first-order valence-electron chi connectivity index (χ1n) is 4.56. The van der Waals surface area contributed by atoms with Crippen molar-refractivity contribution < 1.29 is 4.79 Å². The molecule has 1 amide bonds. The molecular formula is C9H9Cl2N3OS. The highest BCUT2D eigenvalue weighted by Gasteiger charge is 2.41. The number of nitrogens with zero attached hydrogens (tertiary/aromatic N) is 2. The molecule has 1 aliphatic rings. The topological polar surface area (TPSA) is 54.4 Å². The number of aliphatic imine (C=N–C) groups is 1. The van der Waals surface area contributed by atoms with Crippen molar-refractivity contribution in [1.82, 2.24) is 10.3 Å². The first-order chi connectivity index (χ1) is 7.42. The van der Waals surface area contributed by atoms with E-state index in [0.717, 1.165) is 10.6 Å². The van der Waals surface area contributed by atoms with E-state index in [4.69, 9.17) is 23.2 Å². The van der Waals surface area contributed by atoms with Crippen LogP contribution in [0.2, 0.25) is 0 Å². The fourth-order valence-electron chi connectivity index (χ4n) is 1.36. The van der Waals surface area contributed by atoms with Crippen molar-refractivity contribution in [2.24, 2.45) is 4.99 Å². The number of nitrogens with one attached hydrogen (secondary N) is 1. The molecule has 1 N–H and O–H groups in total. The van der Waals surface area contributed by atoms with Crippen molar-refractivity contribution in [2.45, 2.75) is 24.2 Å². The van der Waals surface area contributed by atoms with E-state index in [-0.39, 0.29) is 5.91 Å². The van der Waals surface area contributed by atoms with Gasteiger partial charge in [0.25, 0.3) is 0 Å². The fraction of sp³-hybridized carbons (Fsp3) is 0.444. The lowest BCUT2D eigenvalue weighted by Gasteiger charge is -2.28. The van der Waals surface area contributed by atoms with Crippen LogP contribution in [0.15, 0.2) is 10.5 Å². The molecule has 2 heterocycles. The summed E-state index contributed by atoms with van der Waals surface area (Å²) in [5, 5.41) is 1.76. The molecule has 7 heteroatoms. The van der Waals surface area contributed by atoms with Gasteiger partial charge in [-0.3, -0.25) is 4.79 Å². The minimum absolute atomic E-state index is 0.336. The minimum Gasteiger partial charge on any atom is -0.308 e. The number of hydrogen-bond acceptors (Lipinski definition) is 4. The van der Waals surface area contributed by atoms with Crippen molar-refractivity contribution in [3.63, 3.8) is 0 Å². The Kier molecular flexibility index (Phi) is 2.94. The van der Waals surface area contributed by atoms with Crippen LogP contribution in [0.25, 0.3) is 0 Å². The molecule has 0 aliphatic carbocycles. The Hall–Kier alpha value is -0.650. The maximum absolute atomic E-state index is 11.6. The number of carbonyl (C=O) groups excluding carboxylic acids is 1. The molecule has 0 fully saturated rings. The third-order valence-corrected chi connectivity index (χ3v) is 4.20. The molecule has 2 unspecified atom stereocenters. The van der Waals surface area contributed by atoms with Crippen LogP contribution in [0, 0.1) is 6.92 Å². The number of carbonyl (C=O) groups is 1. The van der Waals surface area contributed by atoms with E-state index in [0.29, 0.717) is 5.84 Å². The average Bonchev–Trinajstić information content (AvgIpc) is 2.60. The average molecular weight is 278 g/mol. The molecule has 16 heavy (non-hydrogen) atoms. The van der Waals surface area contributed by atoms with E-state index in [2.05, 4.69) is 15.3 Å². The molecule has 0 radical (unpaired) electrons. The molecule has 0 aromatic carbocycles. The highest BCUT2D eigenvalue weighted by Crippen LogP contribution is 2.30. The zero-order valence-corrected chi connectivity index (χ0v) is 10.9. The quantitative estimate of drug-likeness (QED) is 0.630. The third kappa shape index (κ3) is 1.95. The largest absolute Gasteiger partial charge is 0.308 e. The van der Waals surface area contributed by atoms with Gasteiger partial charge in [0.05, 0.1) is 16.1 Å². The van der Waals surface area contributed by atoms with Crippen LogP contribution in [0.1, 0.15) is 17.5 Å². The second kappa shape index (κ2) is 3.98. The summed E-state index contributed by atoms with van der Waals surface area (Å²) < 4.78 is 0. The van der Waals surface area contributed by atoms with Gasteiger partial charge in [-0.25, -0.2) is 9.98 Å². The molecule has 4 nitrogen and oxygen atoms in total. The van der Waals surface area contributed by atoms with Crippen LogP contribution in [0.4, 0.5) is 0 Å². The Bertz CT molecular complexity index is 469. The lowest BCUT2D eigenvalue weighted by atomic mass is 10.1. The smallest absolute Gasteiger partial charge is 0.247 e. The second-order valence-corrected chi connectivity index (χ2v) is 5.66. The number of rotatable bonds is 1. The number of alkyl halides is 2. The first-order valence-corrected chi connectivity index (χ1v) is 6.25. The molecule has 0 saturated carbocycles. The summed E-state index contributed by atoms with van der Waals surface area (Å²) in [6.45, 7) is 3.46. The Balaban J connectivity index is 2.45. The van der Waals surface area contributed by atoms with E-state index >= 15 is 0 Å². The number of amides is 1. The molecule has 0 bridgehead atoms. The summed E-state index contributed by atoms with van der Waals surface area (Å²) in [7, 11) is 0. The normalized spacial score (nSPS) is 29.9. The molecule has 0 saturated heterocycles. The number of hydrogen-bond donors (Lipinski definition) is 1. The highest BCUT2D eigenvalue weighted by atomic mass is 35.5. The van der Waals surface area contributed by atoms with E-state index in [1.807, 2.05) is 6.92 Å². The van der Waals surface area contributed by atoms with Crippen LogP contribution in [0.3, 0.4) is 0 Å². The standard InChI is InChI=1S/C9H9Cl2N3OS/c1-4-5(16-3-12-4)7-13-8(15)6(10)9(2,11)14-7/h3,6H,1-2H3,(H,13,14,15). The Morgan fingerprint density at radius 1 is 1.62 bits per heavy atom. The lowest BCUT2D eigenvalue weighted by Crippen LogP contribution is -2.50. The summed E-state index contributed by atoms with van der Waals surface area (Å²) in [5.41, 5.74) is 2.50. The summed E-state index contributed by atoms with van der Waals surface area (Å²) >= 11 is 13.3. The van der Waals surface area contributed by atoms with Crippen molar-refractivity contribution in [1.29, 1.82) is 0 Å². The molecular weight excluding hydrogens is 269 g/mol. The molecule has 0 spiro atoms. The van der Waals surface area contributed by atoms with Crippen LogP contribution in [-0.4, -0.2) is 27.1 Å². The van der Waals surface area contributed by atoms with Crippen molar-refractivity contribution in [2.75, 3.05) is 0 Å². The first kappa shape index (κ1) is 11.8. The van der Waals surface area contributed by atoms with Crippen LogP contribution >= 0.6 is 34.5 Å². The molecule has 2 atom stereocenters. The molecule has 86 valence electrons. The maximum atomic E-state index is 11.6. The zero-order valence-electron chi connectivity index (χ0n) is 8.62. The van der Waals surface area contributed by atoms with E-state index in [1.54, 1.807) is 12.4 Å². The monoisotopic (exact) mass is 277 g/mol. The minimum atomic E-state index is -1.12. The SMILES string of the molecule is Cc1ncsc1C1=NC(C)(Cl)C(Cl)C(=O)N1. The van der Waals surface area contributed by atoms with Gasteiger partial charge in [-0.05, 0) is 13.8 Å². The molecule has 1 aromatic rings. The fourth-order valence-corrected chi connectivity index (χ4v) is 2.39. The van der Waals surface area contributed by atoms with E-state index in [9.17, 15) is 4.79 Å². The van der Waals surface area contributed by atoms with Gasteiger partial charge >= 0.3 is 0 Å². The van der Waals surface area contributed by atoms with Crippen molar-refractivity contribution >= 4 is 46.3 Å². The number of aryl methyl sites for hydroxylation is 1. The van der Waals surface area contributed by atoms with E-state index < -0.39 is 10.4 Å². The van der Waals surface area contributed by atoms with Gasteiger partial charge in [0.15, 0.2) is 10.4 Å². The summed E-state index contributed by atoms with van der Waals surface area (Å²) in [6.07, 6.45) is 0. The van der Waals surface area contributed by atoms with Crippen LogP contribution in [0.5, 0.6) is 0 Å². The van der Waals surface area contributed by atoms with Gasteiger partial charge < -0.3 is 5.32 Å². The zero-order chi connectivity index (χ0) is 11.9. The number of aromatic nitrogens is 1. The number of amidine groups is 1. The Morgan fingerprint density at radius 2 is 2.31 bits per heavy atom. The Labute approximate surface area is 107 Å². The van der Waals surface area contributed by atoms with Gasteiger partial charge in [-0.1, -0.05) is 11.6 Å². The van der Waals surface area contributed by atoms with Gasteiger partial charge in [0, 0.05) is 0 Å². The summed E-state index contributed by atoms with van der Waals surface area (Å²) in [4.78, 5) is 19.6. The Morgan fingerprint density at radius 3 is 2.81 bits per heavy atom. The second-order valence-electron chi connectivity index (χ2n) is 3.60. The molecule has 2 rings (SSSR count). The highest BCUT2D eigenvalue weighted by molar-refractivity contribution is 7.12. The van der Waals surface area contributed by atoms with E-state index in [1.165, 1.54) is 11.3 Å². The maximum Gasteiger partial charge on any atom is 0.247 e. The predicted octanol–water partition coefficient (Wildman–Crippen LogP) is 1.89. The number of halogens is 2.